The van der Waals surface area contributed by atoms with Crippen LogP contribution >= 0.6 is 0 Å². The van der Waals surface area contributed by atoms with Gasteiger partial charge in [-0.3, -0.25) is 5.41 Å². The van der Waals surface area contributed by atoms with Gasteiger partial charge in [-0.25, -0.2) is 0 Å². The van der Waals surface area contributed by atoms with E-state index in [9.17, 15) is 0 Å². The summed E-state index contributed by atoms with van der Waals surface area (Å²) in [6.07, 6.45) is 0.934. The molecule has 0 bridgehead atoms. The number of fused-ring (bicyclic) bond motifs is 1. The third-order valence-electron chi connectivity index (χ3n) is 4.16. The van der Waals surface area contributed by atoms with Crippen LogP contribution in [0.3, 0.4) is 0 Å². The van der Waals surface area contributed by atoms with Crippen LogP contribution in [0.2, 0.25) is 0 Å². The molecule has 1 saturated heterocycles. The zero-order valence-electron chi connectivity index (χ0n) is 8.36. The van der Waals surface area contributed by atoms with Gasteiger partial charge in [-0.05, 0) is 24.2 Å². The molecule has 0 radical (unpaired) electrons. The zero-order chi connectivity index (χ0) is 9.15. The fourth-order valence-corrected chi connectivity index (χ4v) is 3.35. The van der Waals surface area contributed by atoms with Gasteiger partial charge in [0.25, 0.3) is 0 Å². The van der Waals surface area contributed by atoms with Crippen molar-refractivity contribution in [1.82, 2.24) is 5.32 Å². The van der Waals surface area contributed by atoms with Crippen molar-refractivity contribution in [2.45, 2.75) is 39.7 Å². The molecule has 0 aromatic rings. The smallest absolute Gasteiger partial charge is 0.0938 e. The van der Waals surface area contributed by atoms with Gasteiger partial charge < -0.3 is 5.32 Å². The lowest BCUT2D eigenvalue weighted by Crippen LogP contribution is -2.43. The highest BCUT2D eigenvalue weighted by Crippen LogP contribution is 2.66. The van der Waals surface area contributed by atoms with Gasteiger partial charge in [0, 0.05) is 12.0 Å². The molecule has 0 amide bonds. The first-order valence-electron chi connectivity index (χ1n) is 4.75. The van der Waals surface area contributed by atoms with Crippen LogP contribution in [0.15, 0.2) is 0 Å². The van der Waals surface area contributed by atoms with Crippen molar-refractivity contribution < 1.29 is 0 Å². The quantitative estimate of drug-likeness (QED) is 0.567. The van der Waals surface area contributed by atoms with Gasteiger partial charge in [0.05, 0.1) is 5.84 Å². The second-order valence-electron chi connectivity index (χ2n) is 5.19. The van der Waals surface area contributed by atoms with Crippen LogP contribution < -0.4 is 5.32 Å². The van der Waals surface area contributed by atoms with Crippen molar-refractivity contribution in [1.29, 1.82) is 5.41 Å². The van der Waals surface area contributed by atoms with Crippen LogP contribution in [-0.4, -0.2) is 11.4 Å². The van der Waals surface area contributed by atoms with E-state index in [1.165, 1.54) is 0 Å². The first-order chi connectivity index (χ1) is 5.39. The molecule has 1 heterocycles. The normalized spacial score (nSPS) is 49.5. The lowest BCUT2D eigenvalue weighted by Gasteiger charge is -2.26. The molecule has 1 saturated carbocycles. The standard InChI is InChI=1S/C10H18N2/c1-6-5-7(11)12-10(4)8(6)9(10,2)3/h6,8H,5H2,1-4H3,(H2,11,12). The van der Waals surface area contributed by atoms with Gasteiger partial charge in [-0.2, -0.15) is 0 Å². The minimum atomic E-state index is 0.210. The van der Waals surface area contributed by atoms with Crippen molar-refractivity contribution in [3.05, 3.63) is 0 Å². The molecule has 68 valence electrons. The number of rotatable bonds is 0. The summed E-state index contributed by atoms with van der Waals surface area (Å²) in [4.78, 5) is 0. The SMILES string of the molecule is CC1CC(=N)NC2(C)C1C2(C)C. The van der Waals surface area contributed by atoms with E-state index in [1.807, 2.05) is 0 Å². The summed E-state index contributed by atoms with van der Waals surface area (Å²) in [5.74, 6) is 2.17. The van der Waals surface area contributed by atoms with Gasteiger partial charge in [-0.15, -0.1) is 0 Å². The molecule has 1 aliphatic carbocycles. The Balaban J connectivity index is 2.29. The topological polar surface area (TPSA) is 35.9 Å². The summed E-state index contributed by atoms with van der Waals surface area (Å²) in [6.45, 7) is 9.13. The molecular weight excluding hydrogens is 148 g/mol. The van der Waals surface area contributed by atoms with Crippen LogP contribution in [0.5, 0.6) is 0 Å². The summed E-state index contributed by atoms with van der Waals surface area (Å²) in [6, 6.07) is 0. The average Bonchev–Trinajstić information content (AvgIpc) is 2.24. The molecule has 2 N–H and O–H groups in total. The highest BCUT2D eigenvalue weighted by Gasteiger charge is 2.71. The Kier molecular flexibility index (Phi) is 1.25. The molecule has 0 aromatic carbocycles. The molecule has 2 heteroatoms. The van der Waals surface area contributed by atoms with E-state index < -0.39 is 0 Å². The van der Waals surface area contributed by atoms with Crippen LogP contribution in [0.25, 0.3) is 0 Å². The monoisotopic (exact) mass is 166 g/mol. The third-order valence-corrected chi connectivity index (χ3v) is 4.16. The molecule has 2 aliphatic rings. The fourth-order valence-electron chi connectivity index (χ4n) is 3.35. The first kappa shape index (κ1) is 8.09. The van der Waals surface area contributed by atoms with Crippen molar-refractivity contribution in [3.63, 3.8) is 0 Å². The zero-order valence-corrected chi connectivity index (χ0v) is 8.36. The number of amidine groups is 1. The molecule has 0 aromatic heterocycles. The van der Waals surface area contributed by atoms with E-state index in [4.69, 9.17) is 5.41 Å². The minimum Gasteiger partial charge on any atom is -0.368 e. The third kappa shape index (κ3) is 0.686. The second-order valence-corrected chi connectivity index (χ2v) is 5.19. The van der Waals surface area contributed by atoms with Crippen LogP contribution in [0.4, 0.5) is 0 Å². The minimum absolute atomic E-state index is 0.210. The van der Waals surface area contributed by atoms with E-state index in [0.29, 0.717) is 11.3 Å². The van der Waals surface area contributed by atoms with E-state index in [2.05, 4.69) is 33.0 Å². The molecule has 2 fully saturated rings. The molecule has 2 nitrogen and oxygen atoms in total. The number of nitrogens with one attached hydrogen (secondary N) is 2. The Bertz CT molecular complexity index is 244. The number of hydrogen-bond donors (Lipinski definition) is 2. The Morgan fingerprint density at radius 1 is 1.42 bits per heavy atom. The Labute approximate surface area is 74.2 Å². The van der Waals surface area contributed by atoms with Gasteiger partial charge in [-0.1, -0.05) is 20.8 Å². The van der Waals surface area contributed by atoms with Crippen LogP contribution in [-0.2, 0) is 0 Å². The van der Waals surface area contributed by atoms with Gasteiger partial charge >= 0.3 is 0 Å². The molecule has 0 spiro atoms. The van der Waals surface area contributed by atoms with E-state index >= 15 is 0 Å². The molecular formula is C10H18N2. The van der Waals surface area contributed by atoms with E-state index in [1.54, 1.807) is 0 Å². The molecule has 12 heavy (non-hydrogen) atoms. The second kappa shape index (κ2) is 1.86. The Morgan fingerprint density at radius 3 is 2.50 bits per heavy atom. The molecule has 2 rings (SSSR count). The predicted molar refractivity (Wildman–Crippen MR) is 50.3 cm³/mol. The van der Waals surface area contributed by atoms with Gasteiger partial charge in [0.2, 0.25) is 0 Å². The predicted octanol–water partition coefficient (Wildman–Crippen LogP) is 2.01. The van der Waals surface area contributed by atoms with Crippen molar-refractivity contribution in [2.24, 2.45) is 17.3 Å². The maximum absolute atomic E-state index is 7.67. The van der Waals surface area contributed by atoms with Crippen LogP contribution in [0.1, 0.15) is 34.1 Å². The lowest BCUT2D eigenvalue weighted by atomic mass is 9.93. The van der Waals surface area contributed by atoms with Crippen molar-refractivity contribution in [3.8, 4) is 0 Å². The summed E-state index contributed by atoms with van der Waals surface area (Å²) in [5.41, 5.74) is 0.594. The summed E-state index contributed by atoms with van der Waals surface area (Å²) in [7, 11) is 0. The Morgan fingerprint density at radius 2 is 2.00 bits per heavy atom. The highest BCUT2D eigenvalue weighted by atomic mass is 15.1. The van der Waals surface area contributed by atoms with Gasteiger partial charge in [0.1, 0.15) is 0 Å². The van der Waals surface area contributed by atoms with E-state index in [0.717, 1.165) is 18.2 Å². The summed E-state index contributed by atoms with van der Waals surface area (Å²) >= 11 is 0. The Hall–Kier alpha value is -0.530. The molecule has 3 atom stereocenters. The maximum atomic E-state index is 7.67. The largest absolute Gasteiger partial charge is 0.368 e. The molecule has 1 aliphatic heterocycles. The fraction of sp³-hybridized carbons (Fsp3) is 0.900. The van der Waals surface area contributed by atoms with Crippen molar-refractivity contribution in [2.75, 3.05) is 0 Å². The summed E-state index contributed by atoms with van der Waals surface area (Å²) < 4.78 is 0. The number of piperidine rings is 1. The summed E-state index contributed by atoms with van der Waals surface area (Å²) in [5, 5.41) is 11.0. The highest BCUT2D eigenvalue weighted by molar-refractivity contribution is 5.82. The van der Waals surface area contributed by atoms with E-state index in [-0.39, 0.29) is 5.54 Å². The molecule has 3 unspecified atom stereocenters. The maximum Gasteiger partial charge on any atom is 0.0938 e. The van der Waals surface area contributed by atoms with Gasteiger partial charge in [0.15, 0.2) is 0 Å². The average molecular weight is 166 g/mol. The first-order valence-corrected chi connectivity index (χ1v) is 4.75. The van der Waals surface area contributed by atoms with Crippen LogP contribution in [0, 0.1) is 22.7 Å². The number of hydrogen-bond acceptors (Lipinski definition) is 1. The van der Waals surface area contributed by atoms with Crippen molar-refractivity contribution >= 4 is 5.84 Å². The lowest BCUT2D eigenvalue weighted by molar-refractivity contribution is 0.408.